The lowest BCUT2D eigenvalue weighted by atomic mass is 10.2. The molecule has 0 radical (unpaired) electrons. The first-order valence-electron chi connectivity index (χ1n) is 10.6. The van der Waals surface area contributed by atoms with Crippen molar-refractivity contribution < 1.29 is 14.6 Å². The van der Waals surface area contributed by atoms with Crippen molar-refractivity contribution >= 4 is 5.97 Å². The highest BCUT2D eigenvalue weighted by Gasteiger charge is 2.15. The summed E-state index contributed by atoms with van der Waals surface area (Å²) >= 11 is 0. The Morgan fingerprint density at radius 1 is 0.719 bits per heavy atom. The molecule has 3 heterocycles. The summed E-state index contributed by atoms with van der Waals surface area (Å²) in [4.78, 5) is 38.8. The zero-order chi connectivity index (χ0) is 22.4. The highest BCUT2D eigenvalue weighted by molar-refractivity contribution is 5.68. The fourth-order valence-electron chi connectivity index (χ4n) is 3.31. The van der Waals surface area contributed by atoms with E-state index >= 15 is 0 Å². The van der Waals surface area contributed by atoms with Crippen LogP contribution in [-0.4, -0.2) is 57.5 Å². The maximum atomic E-state index is 11.8. The van der Waals surface area contributed by atoms with Gasteiger partial charge in [0.05, 0.1) is 30.6 Å². The van der Waals surface area contributed by atoms with E-state index in [1.165, 1.54) is 7.11 Å². The topological polar surface area (TPSA) is 80.7 Å². The van der Waals surface area contributed by atoms with Crippen LogP contribution >= 0.6 is 0 Å². The van der Waals surface area contributed by atoms with Crippen LogP contribution in [0.4, 0.5) is 0 Å². The van der Waals surface area contributed by atoms with Gasteiger partial charge in [0.15, 0.2) is 0 Å². The molecule has 0 aliphatic rings. The summed E-state index contributed by atoms with van der Waals surface area (Å²) in [5, 5.41) is 0. The van der Waals surface area contributed by atoms with Crippen LogP contribution in [0.3, 0.4) is 0 Å². The van der Waals surface area contributed by atoms with Crippen LogP contribution in [0.2, 0.25) is 0 Å². The second-order valence-electron chi connectivity index (χ2n) is 7.32. The standard InChI is InChI=1S/C24H29N5O3/c1-31-32-24(30)11-15-28(18-21-8-2-5-12-25-21)16-17-29(19-22-9-3-6-13-26-22)20-23-10-4-7-14-27-23/h2-10,12-14H,11,15-20H2,1H3. The molecular formula is C24H29N5O3. The van der Waals surface area contributed by atoms with Crippen molar-refractivity contribution in [3.05, 3.63) is 90.3 Å². The molecule has 8 heteroatoms. The monoisotopic (exact) mass is 435 g/mol. The second-order valence-corrected chi connectivity index (χ2v) is 7.32. The van der Waals surface area contributed by atoms with Gasteiger partial charge in [-0.3, -0.25) is 29.6 Å². The van der Waals surface area contributed by atoms with E-state index in [2.05, 4.69) is 34.5 Å². The predicted octanol–water partition coefficient (Wildman–Crippen LogP) is 2.87. The maximum Gasteiger partial charge on any atom is 0.343 e. The summed E-state index contributed by atoms with van der Waals surface area (Å²) in [5.41, 5.74) is 2.96. The van der Waals surface area contributed by atoms with Crippen LogP contribution in [0.15, 0.2) is 73.2 Å². The van der Waals surface area contributed by atoms with Gasteiger partial charge in [0.25, 0.3) is 0 Å². The molecule has 0 spiro atoms. The van der Waals surface area contributed by atoms with Crippen molar-refractivity contribution in [1.82, 2.24) is 24.8 Å². The second kappa shape index (κ2) is 13.3. The van der Waals surface area contributed by atoms with E-state index in [-0.39, 0.29) is 6.42 Å². The van der Waals surface area contributed by atoms with Crippen LogP contribution in [0.25, 0.3) is 0 Å². The van der Waals surface area contributed by atoms with Gasteiger partial charge in [-0.25, -0.2) is 4.79 Å². The van der Waals surface area contributed by atoms with Crippen LogP contribution < -0.4 is 0 Å². The van der Waals surface area contributed by atoms with Crippen LogP contribution in [-0.2, 0) is 34.2 Å². The number of rotatable bonds is 13. The fourth-order valence-corrected chi connectivity index (χ4v) is 3.31. The Morgan fingerprint density at radius 3 is 1.62 bits per heavy atom. The zero-order valence-electron chi connectivity index (χ0n) is 18.3. The third-order valence-electron chi connectivity index (χ3n) is 4.88. The minimum Gasteiger partial charge on any atom is -0.299 e. The van der Waals surface area contributed by atoms with Crippen molar-refractivity contribution in [1.29, 1.82) is 0 Å². The zero-order valence-corrected chi connectivity index (χ0v) is 18.3. The molecule has 3 aromatic heterocycles. The molecule has 168 valence electrons. The molecule has 0 aromatic carbocycles. The van der Waals surface area contributed by atoms with Gasteiger partial charge < -0.3 is 0 Å². The first kappa shape index (κ1) is 23.5. The van der Waals surface area contributed by atoms with Crippen molar-refractivity contribution in [3.8, 4) is 0 Å². The van der Waals surface area contributed by atoms with E-state index in [0.29, 0.717) is 26.2 Å². The SMILES string of the molecule is COOC(=O)CCN(CCN(Cc1ccccn1)Cc1ccccn1)Cc1ccccn1. The third kappa shape index (κ3) is 8.50. The van der Waals surface area contributed by atoms with Crippen molar-refractivity contribution in [2.45, 2.75) is 26.1 Å². The number of nitrogens with zero attached hydrogens (tertiary/aromatic N) is 5. The summed E-state index contributed by atoms with van der Waals surface area (Å²) in [6.45, 7) is 4.12. The van der Waals surface area contributed by atoms with Crippen molar-refractivity contribution in [2.75, 3.05) is 26.7 Å². The largest absolute Gasteiger partial charge is 0.343 e. The molecule has 0 fully saturated rings. The average molecular weight is 436 g/mol. The van der Waals surface area contributed by atoms with E-state index in [4.69, 9.17) is 0 Å². The summed E-state index contributed by atoms with van der Waals surface area (Å²) in [6, 6.07) is 17.7. The lowest BCUT2D eigenvalue weighted by molar-refractivity contribution is -0.255. The Balaban J connectivity index is 1.66. The number of carbonyl (C=O) groups is 1. The quantitative estimate of drug-likeness (QED) is 0.300. The Hall–Kier alpha value is -3.20. The Labute approximate surface area is 188 Å². The molecule has 0 amide bonds. The molecule has 3 aromatic rings. The first-order chi connectivity index (χ1) is 15.7. The molecule has 0 atom stereocenters. The average Bonchev–Trinajstić information content (AvgIpc) is 2.83. The third-order valence-corrected chi connectivity index (χ3v) is 4.88. The molecule has 0 unspecified atom stereocenters. The van der Waals surface area contributed by atoms with E-state index < -0.39 is 5.97 Å². The molecule has 32 heavy (non-hydrogen) atoms. The van der Waals surface area contributed by atoms with Crippen LogP contribution in [0, 0.1) is 0 Å². The minimum absolute atomic E-state index is 0.237. The molecule has 0 N–H and O–H groups in total. The lowest BCUT2D eigenvalue weighted by Gasteiger charge is -2.27. The van der Waals surface area contributed by atoms with Gasteiger partial charge in [-0.1, -0.05) is 18.2 Å². The Morgan fingerprint density at radius 2 is 1.19 bits per heavy atom. The number of pyridine rings is 3. The van der Waals surface area contributed by atoms with Gasteiger partial charge >= 0.3 is 5.97 Å². The summed E-state index contributed by atoms with van der Waals surface area (Å²) < 4.78 is 0. The van der Waals surface area contributed by atoms with Gasteiger partial charge in [-0.2, -0.15) is 4.89 Å². The van der Waals surface area contributed by atoms with E-state index in [1.807, 2.05) is 67.0 Å². The summed E-state index contributed by atoms with van der Waals surface area (Å²) in [5.74, 6) is -0.391. The molecule has 0 saturated heterocycles. The van der Waals surface area contributed by atoms with Gasteiger partial charge in [-0.15, -0.1) is 0 Å². The Bertz CT molecular complexity index is 871. The lowest BCUT2D eigenvalue weighted by Crippen LogP contribution is -2.36. The van der Waals surface area contributed by atoms with Crippen molar-refractivity contribution in [2.24, 2.45) is 0 Å². The smallest absolute Gasteiger partial charge is 0.299 e. The normalized spacial score (nSPS) is 11.1. The predicted molar refractivity (Wildman–Crippen MR) is 120 cm³/mol. The highest BCUT2D eigenvalue weighted by atomic mass is 17.2. The fraction of sp³-hybridized carbons (Fsp3) is 0.333. The van der Waals surface area contributed by atoms with E-state index in [1.54, 1.807) is 6.20 Å². The molecule has 0 bridgehead atoms. The van der Waals surface area contributed by atoms with Gasteiger partial charge in [0.2, 0.25) is 0 Å². The molecule has 3 rings (SSSR count). The molecule has 0 aliphatic heterocycles. The number of hydrogen-bond donors (Lipinski definition) is 0. The summed E-state index contributed by atoms with van der Waals surface area (Å²) in [6.07, 6.45) is 5.63. The number of aromatic nitrogens is 3. The van der Waals surface area contributed by atoms with E-state index in [0.717, 1.165) is 30.2 Å². The molecule has 0 saturated carbocycles. The van der Waals surface area contributed by atoms with Gasteiger partial charge in [0, 0.05) is 57.9 Å². The molecule has 0 aliphatic carbocycles. The van der Waals surface area contributed by atoms with Gasteiger partial charge in [0.1, 0.15) is 0 Å². The van der Waals surface area contributed by atoms with Gasteiger partial charge in [-0.05, 0) is 36.4 Å². The minimum atomic E-state index is -0.391. The van der Waals surface area contributed by atoms with Crippen LogP contribution in [0.5, 0.6) is 0 Å². The number of hydrogen-bond acceptors (Lipinski definition) is 8. The Kier molecular flexibility index (Phi) is 9.72. The highest BCUT2D eigenvalue weighted by Crippen LogP contribution is 2.09. The molecule has 8 nitrogen and oxygen atoms in total. The molecular weight excluding hydrogens is 406 g/mol. The van der Waals surface area contributed by atoms with Crippen molar-refractivity contribution in [3.63, 3.8) is 0 Å². The number of carbonyl (C=O) groups excluding carboxylic acids is 1. The summed E-state index contributed by atoms with van der Waals surface area (Å²) in [7, 11) is 1.33. The van der Waals surface area contributed by atoms with Crippen LogP contribution in [0.1, 0.15) is 23.5 Å². The maximum absolute atomic E-state index is 11.8. The first-order valence-corrected chi connectivity index (χ1v) is 10.6. The van der Waals surface area contributed by atoms with E-state index in [9.17, 15) is 4.79 Å².